The van der Waals surface area contributed by atoms with Gasteiger partial charge in [0.15, 0.2) is 5.96 Å². The predicted molar refractivity (Wildman–Crippen MR) is 83.3 cm³/mol. The summed E-state index contributed by atoms with van der Waals surface area (Å²) in [6.07, 6.45) is 3.33. The van der Waals surface area contributed by atoms with Gasteiger partial charge in [-0.15, -0.1) is 0 Å². The molecule has 1 fully saturated rings. The van der Waals surface area contributed by atoms with Crippen molar-refractivity contribution in [2.75, 3.05) is 13.7 Å². The molecule has 0 unspecified atom stereocenters. The van der Waals surface area contributed by atoms with Crippen molar-refractivity contribution in [1.82, 2.24) is 5.32 Å². The number of hydrogen-bond acceptors (Lipinski definition) is 2. The van der Waals surface area contributed by atoms with Gasteiger partial charge >= 0.3 is 0 Å². The molecule has 1 atom stereocenters. The van der Waals surface area contributed by atoms with E-state index in [1.165, 1.54) is 5.56 Å². The van der Waals surface area contributed by atoms with E-state index in [-0.39, 0.29) is 5.41 Å². The molecule has 110 valence electrons. The van der Waals surface area contributed by atoms with E-state index in [4.69, 9.17) is 10.5 Å². The maximum atomic E-state index is 5.94. The van der Waals surface area contributed by atoms with Crippen LogP contribution in [0.15, 0.2) is 29.3 Å². The average Bonchev–Trinajstić information content (AvgIpc) is 3.26. The van der Waals surface area contributed by atoms with Crippen molar-refractivity contribution in [2.24, 2.45) is 10.7 Å². The second-order valence-electron chi connectivity index (χ2n) is 5.64. The molecule has 0 heterocycles. The maximum absolute atomic E-state index is 5.94. The lowest BCUT2D eigenvalue weighted by molar-refractivity contribution is 0.404. The average molecular weight is 275 g/mol. The summed E-state index contributed by atoms with van der Waals surface area (Å²) < 4.78 is 5.47. The summed E-state index contributed by atoms with van der Waals surface area (Å²) in [5, 5.41) is 3.21. The number of rotatable bonds is 6. The number of para-hydroxylation sites is 1. The number of nitrogens with zero attached hydrogens (tertiary/aromatic N) is 1. The van der Waals surface area contributed by atoms with E-state index in [0.717, 1.165) is 31.6 Å². The van der Waals surface area contributed by atoms with Crippen LogP contribution in [-0.2, 0) is 5.41 Å². The van der Waals surface area contributed by atoms with Crippen LogP contribution in [0.3, 0.4) is 0 Å². The molecular formula is C16H25N3O. The van der Waals surface area contributed by atoms with Crippen molar-refractivity contribution >= 4 is 5.96 Å². The predicted octanol–water partition coefficient (Wildman–Crippen LogP) is 2.43. The number of hydrogen-bond donors (Lipinski definition) is 2. The third kappa shape index (κ3) is 3.24. The summed E-state index contributed by atoms with van der Waals surface area (Å²) >= 11 is 0. The lowest BCUT2D eigenvalue weighted by atomic mass is 9.95. The van der Waals surface area contributed by atoms with Gasteiger partial charge < -0.3 is 15.8 Å². The Morgan fingerprint density at radius 1 is 1.45 bits per heavy atom. The van der Waals surface area contributed by atoms with Gasteiger partial charge in [-0.1, -0.05) is 25.1 Å². The first-order chi connectivity index (χ1) is 9.61. The van der Waals surface area contributed by atoms with Crippen LogP contribution in [0.1, 0.15) is 38.7 Å². The van der Waals surface area contributed by atoms with E-state index in [1.807, 2.05) is 12.1 Å². The summed E-state index contributed by atoms with van der Waals surface area (Å²) in [5.74, 6) is 1.49. The van der Waals surface area contributed by atoms with Crippen LogP contribution in [0, 0.1) is 0 Å². The Morgan fingerprint density at radius 2 is 2.15 bits per heavy atom. The van der Waals surface area contributed by atoms with Crippen molar-refractivity contribution in [3.8, 4) is 5.75 Å². The Hall–Kier alpha value is -1.71. The molecule has 0 saturated heterocycles. The van der Waals surface area contributed by atoms with Crippen LogP contribution in [-0.4, -0.2) is 25.7 Å². The molecule has 0 amide bonds. The van der Waals surface area contributed by atoms with Gasteiger partial charge in [-0.2, -0.15) is 0 Å². The fourth-order valence-electron chi connectivity index (χ4n) is 2.38. The summed E-state index contributed by atoms with van der Waals surface area (Å²) in [6, 6.07) is 8.57. The van der Waals surface area contributed by atoms with Crippen molar-refractivity contribution in [3.63, 3.8) is 0 Å². The smallest absolute Gasteiger partial charge is 0.188 e. The van der Waals surface area contributed by atoms with Crippen LogP contribution in [0.25, 0.3) is 0 Å². The largest absolute Gasteiger partial charge is 0.496 e. The number of nitrogens with two attached hydrogens (primary N) is 1. The van der Waals surface area contributed by atoms with Crippen LogP contribution in [0.4, 0.5) is 0 Å². The summed E-state index contributed by atoms with van der Waals surface area (Å²) in [4.78, 5) is 4.53. The summed E-state index contributed by atoms with van der Waals surface area (Å²) in [5.41, 5.74) is 7.31. The molecule has 20 heavy (non-hydrogen) atoms. The molecule has 1 aliphatic rings. The minimum Gasteiger partial charge on any atom is -0.496 e. The Balaban J connectivity index is 2.07. The zero-order valence-electron chi connectivity index (χ0n) is 12.6. The monoisotopic (exact) mass is 275 g/mol. The topological polar surface area (TPSA) is 59.6 Å². The number of aliphatic imine (C=N–C) groups is 1. The van der Waals surface area contributed by atoms with E-state index in [9.17, 15) is 0 Å². The molecular weight excluding hydrogens is 250 g/mol. The number of methoxy groups -OCH3 is 1. The molecule has 1 aromatic carbocycles. The van der Waals surface area contributed by atoms with E-state index in [2.05, 4.69) is 36.3 Å². The fourth-order valence-corrected chi connectivity index (χ4v) is 2.38. The number of ether oxygens (including phenoxy) is 1. The second-order valence-corrected chi connectivity index (χ2v) is 5.64. The van der Waals surface area contributed by atoms with Gasteiger partial charge in [0.2, 0.25) is 0 Å². The highest BCUT2D eigenvalue weighted by Gasteiger charge is 2.45. The van der Waals surface area contributed by atoms with E-state index < -0.39 is 0 Å². The standard InChI is InChI=1S/C16H25N3O/c1-4-12(2)19-15(17)18-11-16(9-10-16)13-7-5-6-8-14(13)20-3/h5-8,12H,4,9-11H2,1-3H3,(H3,17,18,19)/t12-/m1/s1. The Kier molecular flexibility index (Phi) is 4.53. The van der Waals surface area contributed by atoms with Crippen LogP contribution in [0.2, 0.25) is 0 Å². The van der Waals surface area contributed by atoms with Crippen LogP contribution >= 0.6 is 0 Å². The molecule has 0 aliphatic heterocycles. The lowest BCUT2D eigenvalue weighted by Gasteiger charge is -2.18. The number of guanidine groups is 1. The Bertz CT molecular complexity index is 480. The normalized spacial score (nSPS) is 18.4. The van der Waals surface area contributed by atoms with E-state index in [0.29, 0.717) is 12.0 Å². The highest BCUT2D eigenvalue weighted by molar-refractivity contribution is 5.78. The van der Waals surface area contributed by atoms with Gasteiger partial charge in [0.05, 0.1) is 13.7 Å². The molecule has 1 saturated carbocycles. The van der Waals surface area contributed by atoms with Gasteiger partial charge in [-0.05, 0) is 32.3 Å². The van der Waals surface area contributed by atoms with Crippen molar-refractivity contribution in [3.05, 3.63) is 29.8 Å². The first-order valence-electron chi connectivity index (χ1n) is 7.31. The number of benzene rings is 1. The first kappa shape index (κ1) is 14.7. The first-order valence-corrected chi connectivity index (χ1v) is 7.31. The van der Waals surface area contributed by atoms with Crippen LogP contribution in [0.5, 0.6) is 5.75 Å². The van der Waals surface area contributed by atoms with Crippen molar-refractivity contribution in [2.45, 2.75) is 44.6 Å². The van der Waals surface area contributed by atoms with E-state index >= 15 is 0 Å². The Morgan fingerprint density at radius 3 is 2.75 bits per heavy atom. The van der Waals surface area contributed by atoms with Gasteiger partial charge in [-0.3, -0.25) is 4.99 Å². The third-order valence-electron chi connectivity index (χ3n) is 4.09. The maximum Gasteiger partial charge on any atom is 0.188 e. The lowest BCUT2D eigenvalue weighted by Crippen LogP contribution is -2.38. The highest BCUT2D eigenvalue weighted by Crippen LogP contribution is 2.51. The molecule has 0 aromatic heterocycles. The van der Waals surface area contributed by atoms with Crippen molar-refractivity contribution < 1.29 is 4.74 Å². The Labute approximate surface area is 121 Å². The SMILES string of the molecule is CC[C@@H](C)NC(N)=NCC1(c2ccccc2OC)CC1. The zero-order valence-corrected chi connectivity index (χ0v) is 12.6. The molecule has 1 aromatic rings. The van der Waals surface area contributed by atoms with Gasteiger partial charge in [0.1, 0.15) is 5.75 Å². The second kappa shape index (κ2) is 6.16. The number of nitrogens with one attached hydrogen (secondary N) is 1. The van der Waals surface area contributed by atoms with Crippen LogP contribution < -0.4 is 15.8 Å². The molecule has 1 aliphatic carbocycles. The molecule has 0 bridgehead atoms. The third-order valence-corrected chi connectivity index (χ3v) is 4.09. The van der Waals surface area contributed by atoms with E-state index in [1.54, 1.807) is 7.11 Å². The quantitative estimate of drug-likeness (QED) is 0.619. The summed E-state index contributed by atoms with van der Waals surface area (Å²) in [6.45, 7) is 4.96. The minimum absolute atomic E-state index is 0.119. The molecule has 0 spiro atoms. The zero-order chi connectivity index (χ0) is 14.6. The molecule has 3 N–H and O–H groups in total. The van der Waals surface area contributed by atoms with Crippen molar-refractivity contribution in [1.29, 1.82) is 0 Å². The minimum atomic E-state index is 0.119. The fraction of sp³-hybridized carbons (Fsp3) is 0.562. The molecule has 4 heteroatoms. The van der Waals surface area contributed by atoms with Gasteiger partial charge in [0.25, 0.3) is 0 Å². The van der Waals surface area contributed by atoms with Gasteiger partial charge in [-0.25, -0.2) is 0 Å². The van der Waals surface area contributed by atoms with Gasteiger partial charge in [0, 0.05) is 17.0 Å². The molecule has 2 rings (SSSR count). The summed E-state index contributed by atoms with van der Waals surface area (Å²) in [7, 11) is 1.72. The highest BCUT2D eigenvalue weighted by atomic mass is 16.5. The molecule has 4 nitrogen and oxygen atoms in total. The molecule has 0 radical (unpaired) electrons.